The summed E-state index contributed by atoms with van der Waals surface area (Å²) in [6.45, 7) is 8.99. The Morgan fingerprint density at radius 1 is 1.38 bits per heavy atom. The quantitative estimate of drug-likeness (QED) is 0.639. The summed E-state index contributed by atoms with van der Waals surface area (Å²) < 4.78 is 5.84. The van der Waals surface area contributed by atoms with Gasteiger partial charge in [-0.3, -0.25) is 4.90 Å². The van der Waals surface area contributed by atoms with Gasteiger partial charge in [0.05, 0.1) is 6.61 Å². The van der Waals surface area contributed by atoms with Crippen LogP contribution in [0, 0.1) is 5.41 Å². The average Bonchev–Trinajstić information content (AvgIpc) is 2.93. The summed E-state index contributed by atoms with van der Waals surface area (Å²) in [5, 5.41) is 12.7. The first kappa shape index (κ1) is 17.2. The van der Waals surface area contributed by atoms with E-state index in [0.29, 0.717) is 18.1 Å². The molecule has 0 spiro atoms. The van der Waals surface area contributed by atoms with Gasteiger partial charge in [-0.2, -0.15) is 0 Å². The highest BCUT2D eigenvalue weighted by atomic mass is 16.5. The number of likely N-dealkylation sites (tertiary alicyclic amines) is 1. The standard InChI is InChI=1S/C17H34N2O2/c1-2-9-18-13-17(8-5-12-21-15-17)14-19-10-3-6-16(19)7-4-11-20/h16,18,20H,2-15H2,1H3. The van der Waals surface area contributed by atoms with E-state index in [1.807, 2.05) is 0 Å². The van der Waals surface area contributed by atoms with Gasteiger partial charge in [-0.05, 0) is 58.0 Å². The number of aliphatic hydroxyl groups excluding tert-OH is 1. The normalized spacial score (nSPS) is 30.9. The Bertz CT molecular complexity index is 280. The van der Waals surface area contributed by atoms with Crippen LogP contribution >= 0.6 is 0 Å². The molecule has 2 rings (SSSR count). The molecule has 2 aliphatic rings. The van der Waals surface area contributed by atoms with Crippen LogP contribution in [0.25, 0.3) is 0 Å². The lowest BCUT2D eigenvalue weighted by Crippen LogP contribution is -2.50. The Morgan fingerprint density at radius 3 is 3.00 bits per heavy atom. The molecule has 4 nitrogen and oxygen atoms in total. The minimum atomic E-state index is 0.301. The minimum absolute atomic E-state index is 0.301. The fourth-order valence-electron chi connectivity index (χ4n) is 3.95. The summed E-state index contributed by atoms with van der Waals surface area (Å²) in [6.07, 6.45) is 8.39. The molecule has 0 aromatic rings. The number of rotatable bonds is 9. The maximum absolute atomic E-state index is 9.08. The van der Waals surface area contributed by atoms with Crippen LogP contribution < -0.4 is 5.32 Å². The van der Waals surface area contributed by atoms with Crippen LogP contribution in [0.2, 0.25) is 0 Å². The molecule has 0 radical (unpaired) electrons. The van der Waals surface area contributed by atoms with Crippen LogP contribution in [-0.2, 0) is 4.74 Å². The number of nitrogens with one attached hydrogen (secondary N) is 1. The van der Waals surface area contributed by atoms with Crippen molar-refractivity contribution in [3.63, 3.8) is 0 Å². The van der Waals surface area contributed by atoms with Gasteiger partial charge >= 0.3 is 0 Å². The minimum Gasteiger partial charge on any atom is -0.396 e. The van der Waals surface area contributed by atoms with Crippen molar-refractivity contribution in [2.24, 2.45) is 5.41 Å². The lowest BCUT2D eigenvalue weighted by atomic mass is 9.81. The van der Waals surface area contributed by atoms with E-state index in [-0.39, 0.29) is 0 Å². The van der Waals surface area contributed by atoms with E-state index >= 15 is 0 Å². The van der Waals surface area contributed by atoms with Crippen molar-refractivity contribution in [1.82, 2.24) is 10.2 Å². The number of hydrogen-bond donors (Lipinski definition) is 2. The van der Waals surface area contributed by atoms with E-state index in [2.05, 4.69) is 17.1 Å². The van der Waals surface area contributed by atoms with Crippen molar-refractivity contribution >= 4 is 0 Å². The number of aliphatic hydroxyl groups is 1. The summed E-state index contributed by atoms with van der Waals surface area (Å²) >= 11 is 0. The van der Waals surface area contributed by atoms with E-state index in [9.17, 15) is 0 Å². The first-order chi connectivity index (χ1) is 10.3. The monoisotopic (exact) mass is 298 g/mol. The molecule has 2 heterocycles. The van der Waals surface area contributed by atoms with E-state index in [1.165, 1.54) is 45.2 Å². The Balaban J connectivity index is 1.90. The number of ether oxygens (including phenoxy) is 1. The van der Waals surface area contributed by atoms with Crippen LogP contribution in [0.5, 0.6) is 0 Å². The zero-order valence-corrected chi connectivity index (χ0v) is 13.8. The van der Waals surface area contributed by atoms with Gasteiger partial charge in [0, 0.05) is 37.8 Å². The highest BCUT2D eigenvalue weighted by Gasteiger charge is 2.37. The molecule has 4 heteroatoms. The summed E-state index contributed by atoms with van der Waals surface area (Å²) in [4.78, 5) is 2.68. The van der Waals surface area contributed by atoms with Gasteiger partial charge < -0.3 is 15.2 Å². The SMILES string of the molecule is CCCNCC1(CN2CCCC2CCCO)CCCOC1. The molecular formula is C17H34N2O2. The summed E-state index contributed by atoms with van der Waals surface area (Å²) in [7, 11) is 0. The van der Waals surface area contributed by atoms with Gasteiger partial charge in [0.25, 0.3) is 0 Å². The van der Waals surface area contributed by atoms with Crippen LogP contribution in [0.3, 0.4) is 0 Å². The summed E-state index contributed by atoms with van der Waals surface area (Å²) in [5.74, 6) is 0. The molecule has 2 unspecified atom stereocenters. The maximum atomic E-state index is 9.08. The lowest BCUT2D eigenvalue weighted by molar-refractivity contribution is -0.0287. The lowest BCUT2D eigenvalue weighted by Gasteiger charge is -2.41. The maximum Gasteiger partial charge on any atom is 0.0546 e. The number of hydrogen-bond acceptors (Lipinski definition) is 4. The second-order valence-corrected chi connectivity index (χ2v) is 6.97. The molecule has 0 amide bonds. The Hall–Kier alpha value is -0.160. The molecule has 2 fully saturated rings. The molecule has 0 bridgehead atoms. The van der Waals surface area contributed by atoms with Crippen LogP contribution in [-0.4, -0.2) is 62.0 Å². The van der Waals surface area contributed by atoms with Gasteiger partial charge in [0.2, 0.25) is 0 Å². The van der Waals surface area contributed by atoms with Crippen molar-refractivity contribution in [3.05, 3.63) is 0 Å². The molecule has 21 heavy (non-hydrogen) atoms. The second-order valence-electron chi connectivity index (χ2n) is 6.97. The van der Waals surface area contributed by atoms with Gasteiger partial charge in [-0.25, -0.2) is 0 Å². The van der Waals surface area contributed by atoms with Crippen LogP contribution in [0.15, 0.2) is 0 Å². The second kappa shape index (κ2) is 9.09. The molecule has 0 saturated carbocycles. The van der Waals surface area contributed by atoms with Crippen molar-refractivity contribution in [2.75, 3.05) is 46.0 Å². The smallest absolute Gasteiger partial charge is 0.0546 e. The fraction of sp³-hybridized carbons (Fsp3) is 1.00. The summed E-state index contributed by atoms with van der Waals surface area (Å²) in [5.41, 5.74) is 0.301. The molecule has 0 aromatic carbocycles. The highest BCUT2D eigenvalue weighted by Crippen LogP contribution is 2.33. The molecule has 2 aliphatic heterocycles. The zero-order chi connectivity index (χ0) is 15.0. The molecule has 2 atom stereocenters. The van der Waals surface area contributed by atoms with Crippen LogP contribution in [0.4, 0.5) is 0 Å². The molecule has 2 N–H and O–H groups in total. The van der Waals surface area contributed by atoms with Crippen LogP contribution in [0.1, 0.15) is 51.9 Å². The van der Waals surface area contributed by atoms with Gasteiger partial charge in [-0.15, -0.1) is 0 Å². The van der Waals surface area contributed by atoms with E-state index in [1.54, 1.807) is 0 Å². The molecule has 2 saturated heterocycles. The number of nitrogens with zero attached hydrogens (tertiary/aromatic N) is 1. The first-order valence-corrected chi connectivity index (χ1v) is 8.93. The van der Waals surface area contributed by atoms with Gasteiger partial charge in [-0.1, -0.05) is 6.92 Å². The average molecular weight is 298 g/mol. The topological polar surface area (TPSA) is 44.7 Å². The third kappa shape index (κ3) is 5.20. The molecule has 124 valence electrons. The zero-order valence-electron chi connectivity index (χ0n) is 13.8. The Labute approximate surface area is 130 Å². The fourth-order valence-corrected chi connectivity index (χ4v) is 3.95. The Morgan fingerprint density at radius 2 is 2.29 bits per heavy atom. The third-order valence-corrected chi connectivity index (χ3v) is 5.06. The van der Waals surface area contributed by atoms with Crippen molar-refractivity contribution in [2.45, 2.75) is 57.9 Å². The largest absolute Gasteiger partial charge is 0.396 e. The van der Waals surface area contributed by atoms with Gasteiger partial charge in [0.15, 0.2) is 0 Å². The third-order valence-electron chi connectivity index (χ3n) is 5.06. The van der Waals surface area contributed by atoms with Gasteiger partial charge in [0.1, 0.15) is 0 Å². The highest BCUT2D eigenvalue weighted by molar-refractivity contribution is 4.91. The van der Waals surface area contributed by atoms with E-state index in [4.69, 9.17) is 9.84 Å². The van der Waals surface area contributed by atoms with Crippen molar-refractivity contribution < 1.29 is 9.84 Å². The van der Waals surface area contributed by atoms with E-state index < -0.39 is 0 Å². The Kier molecular flexibility index (Phi) is 7.44. The van der Waals surface area contributed by atoms with Crippen molar-refractivity contribution in [1.29, 1.82) is 0 Å². The molecule has 0 aliphatic carbocycles. The van der Waals surface area contributed by atoms with Crippen molar-refractivity contribution in [3.8, 4) is 0 Å². The van der Waals surface area contributed by atoms with E-state index in [0.717, 1.165) is 39.1 Å². The summed E-state index contributed by atoms with van der Waals surface area (Å²) in [6, 6.07) is 0.683. The molecular weight excluding hydrogens is 264 g/mol. The first-order valence-electron chi connectivity index (χ1n) is 8.93. The molecule has 0 aromatic heterocycles. The predicted octanol–water partition coefficient (Wildman–Crippen LogP) is 2.02. The predicted molar refractivity (Wildman–Crippen MR) is 86.6 cm³/mol.